The number of imidazole rings is 4. The lowest BCUT2D eigenvalue weighted by Crippen LogP contribution is -2.19. The highest BCUT2D eigenvalue weighted by molar-refractivity contribution is 7.47. The summed E-state index contributed by atoms with van der Waals surface area (Å²) < 4.78 is 40.4. The molecule has 140 heavy (non-hydrogen) atoms. The molecule has 0 bridgehead atoms. The first-order valence-electron chi connectivity index (χ1n) is 45.6. The second-order valence-corrected chi connectivity index (χ2v) is 36.0. The standard InChI is InChI=1S/C26H30N5O5P.C26H29N5O2.C25H28N5O6P.C25H27N5O3/c1-4-6-7-22-30-24-25(31(22)15-18-9-11-21(16(3)12-18)36-37(33,34)35)19-10-8-17(14-28-23(32)5-2)13-20(19)29-26(24)27;1-4-6-7-22-30-24-25(31(22)15-18-9-11-21(32)16(3)12-18)19-10-8-17(14-28-23(33)5-2)13-20(19)29-26(24)27;1-3-5-9-20-29-22-23(30(20)14-16-7-6-8-19(24(16)32)36-37(33,34)35)17-11-10-15(13-27-21(31)4-2)12-18(17)28-25(22)26;1-3-5-9-20-29-22-23(30(20)14-16-7-6-8-19(31)24(16)33)17-11-10-15(13-27-21(32)4-2)12-18(17)28-25(22)26/h5,8-13H,2,4,6-7,14-15H2,1,3H3,(H2,27,29)(H,28,32)(H2,33,34,35);5,8-13,32H,2,4,6-7,14-15H2,1,3H3,(H2,27,29)(H,28,33);4,6-8,10-12,32H,2-3,5,9,13-14H2,1H3,(H2,26,28)(H,27,31)(H2,33,34,35);4,6-8,10-12,31,33H,2-3,5,9,13-14H2,1H3,(H2,26,28)(H,27,32). The molecular formula is C102H114N20O16P2. The van der Waals surface area contributed by atoms with Gasteiger partial charge in [0, 0.05) is 97.6 Å². The van der Waals surface area contributed by atoms with Gasteiger partial charge in [-0.3, -0.25) is 38.8 Å². The number of amides is 4. The molecule has 0 spiro atoms. The molecule has 0 fully saturated rings. The fourth-order valence-corrected chi connectivity index (χ4v) is 17.3. The number of phosphoric ester groups is 2. The van der Waals surface area contributed by atoms with Crippen LogP contribution in [0.4, 0.5) is 23.3 Å². The number of hydrogen-bond acceptors (Lipinski definition) is 24. The molecule has 0 saturated heterocycles. The fourth-order valence-electron chi connectivity index (χ4n) is 16.4. The molecule has 8 aromatic heterocycles. The number of aromatic nitrogens is 12. The van der Waals surface area contributed by atoms with Crippen molar-refractivity contribution in [2.24, 2.45) is 0 Å². The van der Waals surface area contributed by atoms with Gasteiger partial charge < -0.3 is 91.9 Å². The summed E-state index contributed by atoms with van der Waals surface area (Å²) in [6.07, 6.45) is 15.7. The fraction of sp³-hybridized carbons (Fsp3) is 0.255. The number of phosphoric acid groups is 2. The first kappa shape index (κ1) is 102. The van der Waals surface area contributed by atoms with Crippen molar-refractivity contribution in [3.8, 4) is 34.5 Å². The number of nitrogen functional groups attached to an aromatic ring is 4. The Morgan fingerprint density at radius 3 is 0.957 bits per heavy atom. The third-order valence-corrected chi connectivity index (χ3v) is 24.3. The maximum Gasteiger partial charge on any atom is 0.524 e. The highest BCUT2D eigenvalue weighted by Gasteiger charge is 2.28. The summed E-state index contributed by atoms with van der Waals surface area (Å²) in [6, 6.07) is 43.3. The SMILES string of the molecule is C=CC(=O)NCc1ccc2c(c1)nc(N)c1nc(CCCC)n(Cc3ccc(O)c(C)c3)c12.C=CC(=O)NCc1ccc2c(c1)nc(N)c1nc(CCCC)n(Cc3ccc(OP(=O)(O)O)c(C)c3)c12.C=CC(=O)NCc1ccc2c(c1)nc(N)c1nc(CCCC)n(Cc3cccc(O)c3O)c12.C=CC(=O)NCc1ccc2c(c1)nc(N)c1nc(CCCC)n(Cc3cccc(OP(=O)(O)O)c3O)c12. The number of fused-ring (bicyclic) bond motifs is 12. The number of anilines is 4. The highest BCUT2D eigenvalue weighted by atomic mass is 31.2. The van der Waals surface area contributed by atoms with Gasteiger partial charge in [0.25, 0.3) is 0 Å². The summed E-state index contributed by atoms with van der Waals surface area (Å²) >= 11 is 0. The molecule has 4 amide bonds. The lowest BCUT2D eigenvalue weighted by Gasteiger charge is -2.15. The Kier molecular flexibility index (Phi) is 32.8. The van der Waals surface area contributed by atoms with Crippen LogP contribution in [0.25, 0.3) is 87.7 Å². The zero-order valence-electron chi connectivity index (χ0n) is 78.6. The van der Waals surface area contributed by atoms with Crippen LogP contribution in [0.15, 0.2) is 196 Å². The third kappa shape index (κ3) is 24.3. The molecule has 0 unspecified atom stereocenters. The maximum absolute atomic E-state index is 11.6. The zero-order chi connectivity index (χ0) is 101. The van der Waals surface area contributed by atoms with Crippen LogP contribution in [0.3, 0.4) is 0 Å². The Morgan fingerprint density at radius 2 is 0.650 bits per heavy atom. The number of rotatable bonds is 36. The number of nitrogens with two attached hydrogens (primary N) is 4. The number of carbonyl (C=O) groups excluding carboxylic acids is 4. The van der Waals surface area contributed by atoms with Gasteiger partial charge in [-0.05, 0) is 157 Å². The lowest BCUT2D eigenvalue weighted by atomic mass is 10.1. The van der Waals surface area contributed by atoms with Gasteiger partial charge in [-0.2, -0.15) is 0 Å². The Balaban J connectivity index is 0.000000157. The number of benzene rings is 8. The van der Waals surface area contributed by atoms with Gasteiger partial charge in [0.2, 0.25) is 23.6 Å². The second-order valence-electron chi connectivity index (χ2n) is 33.7. The van der Waals surface area contributed by atoms with Crippen molar-refractivity contribution in [1.82, 2.24) is 79.4 Å². The molecule has 8 heterocycles. The first-order valence-corrected chi connectivity index (χ1v) is 48.7. The van der Waals surface area contributed by atoms with Crippen molar-refractivity contribution in [1.29, 1.82) is 0 Å². The van der Waals surface area contributed by atoms with Gasteiger partial charge in [-0.1, -0.05) is 177 Å². The summed E-state index contributed by atoms with van der Waals surface area (Å²) in [7, 11) is -9.52. The molecule has 0 atom stereocenters. The summed E-state index contributed by atoms with van der Waals surface area (Å²) in [5, 5.41) is 55.6. The monoisotopic (exact) mass is 1940 g/mol. The van der Waals surface area contributed by atoms with E-state index in [0.717, 1.165) is 182 Å². The molecular weight excluding hydrogens is 1820 g/mol. The minimum absolute atomic E-state index is 0.133. The van der Waals surface area contributed by atoms with Crippen LogP contribution in [0.5, 0.6) is 34.5 Å². The third-order valence-electron chi connectivity index (χ3n) is 23.5. The van der Waals surface area contributed by atoms with Crippen molar-refractivity contribution in [3.63, 3.8) is 0 Å². The topological polar surface area (TPSA) is 558 Å². The molecule has 728 valence electrons. The molecule has 0 aliphatic carbocycles. The number of carbonyl (C=O) groups is 4. The van der Waals surface area contributed by atoms with Gasteiger partial charge >= 0.3 is 15.6 Å². The van der Waals surface area contributed by atoms with Gasteiger partial charge in [0.05, 0.1) is 57.2 Å². The molecule has 38 heteroatoms. The second kappa shape index (κ2) is 45.1. The van der Waals surface area contributed by atoms with Gasteiger partial charge in [-0.15, -0.1) is 0 Å². The van der Waals surface area contributed by atoms with Crippen molar-refractivity contribution in [2.45, 2.75) is 171 Å². The molecule has 0 saturated carbocycles. The van der Waals surface area contributed by atoms with Crippen LogP contribution in [0.1, 0.15) is 158 Å². The Labute approximate surface area is 806 Å². The van der Waals surface area contributed by atoms with Gasteiger partial charge in [0.15, 0.2) is 46.3 Å². The van der Waals surface area contributed by atoms with E-state index in [0.29, 0.717) is 125 Å². The Bertz CT molecular complexity index is 7570. The van der Waals surface area contributed by atoms with Crippen LogP contribution in [-0.4, -0.2) is 122 Å². The minimum Gasteiger partial charge on any atom is -0.508 e. The molecule has 36 nitrogen and oxygen atoms in total. The van der Waals surface area contributed by atoms with E-state index in [9.17, 15) is 58.5 Å². The van der Waals surface area contributed by atoms with Crippen molar-refractivity contribution < 1.29 is 77.4 Å². The Hall–Kier alpha value is -15.6. The lowest BCUT2D eigenvalue weighted by molar-refractivity contribution is -0.117. The van der Waals surface area contributed by atoms with Crippen molar-refractivity contribution in [2.75, 3.05) is 22.9 Å². The molecule has 8 aromatic carbocycles. The highest BCUT2D eigenvalue weighted by Crippen LogP contribution is 2.45. The molecule has 0 radical (unpaired) electrons. The van der Waals surface area contributed by atoms with E-state index >= 15 is 0 Å². The number of aryl methyl sites for hydroxylation is 6. The number of nitrogens with one attached hydrogen (secondary N) is 4. The average Bonchev–Trinajstić information content (AvgIpc) is 1.59. The number of nitrogens with zero attached hydrogens (tertiary/aromatic N) is 12. The largest absolute Gasteiger partial charge is 0.524 e. The number of phenolic OH excluding ortho intramolecular Hbond substituents is 4. The van der Waals surface area contributed by atoms with E-state index in [-0.39, 0.29) is 70.5 Å². The summed E-state index contributed by atoms with van der Waals surface area (Å²) in [6.45, 7) is 28.9. The van der Waals surface area contributed by atoms with Crippen LogP contribution in [0.2, 0.25) is 0 Å². The summed E-state index contributed by atoms with van der Waals surface area (Å²) in [4.78, 5) is 121. The number of phenols is 4. The molecule has 0 aliphatic rings. The van der Waals surface area contributed by atoms with E-state index in [2.05, 4.69) is 109 Å². The quantitative estimate of drug-likeness (QED) is 0.00985. The van der Waals surface area contributed by atoms with E-state index in [1.165, 1.54) is 36.4 Å². The number of pyridine rings is 4. The van der Waals surface area contributed by atoms with E-state index in [4.69, 9.17) is 57.2 Å². The number of hydrogen-bond donors (Lipinski definition) is 16. The van der Waals surface area contributed by atoms with Crippen molar-refractivity contribution in [3.05, 3.63) is 275 Å². The Morgan fingerprint density at radius 1 is 0.357 bits per heavy atom. The van der Waals surface area contributed by atoms with Crippen LogP contribution < -0.4 is 53.2 Å². The van der Waals surface area contributed by atoms with E-state index in [1.807, 2.05) is 107 Å². The molecule has 0 aliphatic heterocycles. The number of aromatic hydroxyl groups is 4. The smallest absolute Gasteiger partial charge is 0.508 e. The zero-order valence-corrected chi connectivity index (χ0v) is 80.3. The molecule has 16 rings (SSSR count). The normalized spacial score (nSPS) is 11.4. The van der Waals surface area contributed by atoms with Crippen LogP contribution >= 0.6 is 15.6 Å². The average molecular weight is 1940 g/mol. The number of unbranched alkanes of at least 4 members (excludes halogenated alkanes) is 4. The van der Waals surface area contributed by atoms with E-state index < -0.39 is 15.6 Å². The number of para-hydroxylation sites is 2. The first-order chi connectivity index (χ1) is 67.0. The van der Waals surface area contributed by atoms with Gasteiger partial charge in [-0.25, -0.2) is 49.0 Å². The predicted molar refractivity (Wildman–Crippen MR) is 544 cm³/mol. The van der Waals surface area contributed by atoms with Crippen LogP contribution in [0, 0.1) is 13.8 Å². The van der Waals surface area contributed by atoms with Crippen LogP contribution in [-0.2, 0) is 106 Å². The molecule has 16 aromatic rings. The molecule has 20 N–H and O–H groups in total. The van der Waals surface area contributed by atoms with Gasteiger partial charge in [0.1, 0.15) is 56.9 Å². The summed E-state index contributed by atoms with van der Waals surface area (Å²) in [5.41, 5.74) is 41.9. The van der Waals surface area contributed by atoms with Crippen molar-refractivity contribution >= 4 is 150 Å². The summed E-state index contributed by atoms with van der Waals surface area (Å²) in [5.74, 6) is 3.13. The minimum atomic E-state index is -4.86. The van der Waals surface area contributed by atoms with E-state index in [1.54, 1.807) is 49.4 Å². The maximum atomic E-state index is 11.6. The predicted octanol–water partition coefficient (Wildman–Crippen LogP) is 15.8.